The van der Waals surface area contributed by atoms with E-state index >= 15 is 0 Å². The summed E-state index contributed by atoms with van der Waals surface area (Å²) in [5, 5.41) is 43.6. The van der Waals surface area contributed by atoms with E-state index in [0.29, 0.717) is 31.4 Å². The molecule has 9 heteroatoms. The zero-order valence-corrected chi connectivity index (χ0v) is 14.4. The first kappa shape index (κ1) is 21.5. The van der Waals surface area contributed by atoms with Gasteiger partial charge in [0.25, 0.3) is 0 Å². The number of aliphatic hydroxyl groups is 4. The van der Waals surface area contributed by atoms with Gasteiger partial charge in [-0.3, -0.25) is 9.59 Å². The molecule has 0 aromatic carbocycles. The maximum absolute atomic E-state index is 11.9. The number of amides is 2. The molecule has 25 heavy (non-hydrogen) atoms. The van der Waals surface area contributed by atoms with Crippen LogP contribution in [0.25, 0.3) is 0 Å². The van der Waals surface area contributed by atoms with E-state index in [-0.39, 0.29) is 12.3 Å². The Labute approximate surface area is 146 Å². The van der Waals surface area contributed by atoms with E-state index in [4.69, 9.17) is 9.84 Å². The fraction of sp³-hybridized carbons (Fsp3) is 0.750. The highest BCUT2D eigenvalue weighted by Gasteiger charge is 2.44. The normalized spacial score (nSPS) is 29.1. The maximum Gasteiger partial charge on any atom is 0.246 e. The molecule has 6 N–H and O–H groups in total. The molecular formula is C16H28N2O7. The van der Waals surface area contributed by atoms with Gasteiger partial charge in [0.1, 0.15) is 24.4 Å². The van der Waals surface area contributed by atoms with Gasteiger partial charge in [-0.05, 0) is 19.8 Å². The molecule has 1 heterocycles. The summed E-state index contributed by atoms with van der Waals surface area (Å²) in [4.78, 5) is 23.2. The topological polar surface area (TPSA) is 148 Å². The molecule has 1 unspecified atom stereocenters. The van der Waals surface area contributed by atoms with Crippen LogP contribution in [0.15, 0.2) is 12.2 Å². The second-order valence-corrected chi connectivity index (χ2v) is 6.17. The van der Waals surface area contributed by atoms with Gasteiger partial charge in [0.2, 0.25) is 11.8 Å². The Balaban J connectivity index is 2.25. The van der Waals surface area contributed by atoms with Crippen LogP contribution in [0, 0.1) is 0 Å². The predicted molar refractivity (Wildman–Crippen MR) is 88.2 cm³/mol. The van der Waals surface area contributed by atoms with Crippen molar-refractivity contribution in [1.82, 2.24) is 10.6 Å². The van der Waals surface area contributed by atoms with Crippen LogP contribution in [0.3, 0.4) is 0 Å². The number of hydrogen-bond acceptors (Lipinski definition) is 7. The summed E-state index contributed by atoms with van der Waals surface area (Å²) in [6, 6.07) is -1.17. The van der Waals surface area contributed by atoms with Crippen molar-refractivity contribution in [2.45, 2.75) is 63.3 Å². The van der Waals surface area contributed by atoms with Gasteiger partial charge in [0.05, 0.1) is 6.61 Å². The van der Waals surface area contributed by atoms with Gasteiger partial charge in [-0.15, -0.1) is 0 Å². The number of nitrogens with one attached hydrogen (secondary N) is 2. The van der Waals surface area contributed by atoms with Crippen molar-refractivity contribution in [1.29, 1.82) is 0 Å². The van der Waals surface area contributed by atoms with Crippen LogP contribution in [0.1, 0.15) is 32.6 Å². The predicted octanol–water partition coefficient (Wildman–Crippen LogP) is -1.84. The number of rotatable bonds is 9. The Bertz CT molecular complexity index is 471. The number of carbonyl (C=O) groups excluding carboxylic acids is 2. The average Bonchev–Trinajstić information content (AvgIpc) is 2.57. The third-order valence-corrected chi connectivity index (χ3v) is 3.98. The Morgan fingerprint density at radius 3 is 2.40 bits per heavy atom. The fourth-order valence-corrected chi connectivity index (χ4v) is 2.45. The molecule has 9 nitrogen and oxygen atoms in total. The van der Waals surface area contributed by atoms with Gasteiger partial charge in [0.15, 0.2) is 6.29 Å². The van der Waals surface area contributed by atoms with Crippen LogP contribution < -0.4 is 10.6 Å². The molecule has 0 bridgehead atoms. The van der Waals surface area contributed by atoms with Crippen molar-refractivity contribution in [3.05, 3.63) is 12.2 Å². The second-order valence-electron chi connectivity index (χ2n) is 6.17. The third-order valence-electron chi connectivity index (χ3n) is 3.98. The maximum atomic E-state index is 11.9. The van der Waals surface area contributed by atoms with E-state index in [1.165, 1.54) is 0 Å². The van der Waals surface area contributed by atoms with Crippen molar-refractivity contribution in [2.24, 2.45) is 0 Å². The van der Waals surface area contributed by atoms with Crippen molar-refractivity contribution < 1.29 is 34.8 Å². The molecular weight excluding hydrogens is 332 g/mol. The standard InChI is InChI=1S/C16H28N2O7/c1-9(2)15(23)17-7-5-3-4-6-11(20)18-12-14(22)13(21)10(8-19)25-16(12)24/h10,12-14,16,19,21-22,24H,1,3-8H2,2H3,(H,17,23)(H,18,20)/t10-,12-,13-,14-,16?/m1/s1. The fourth-order valence-electron chi connectivity index (χ4n) is 2.45. The van der Waals surface area contributed by atoms with Crippen molar-refractivity contribution >= 4 is 11.8 Å². The summed E-state index contributed by atoms with van der Waals surface area (Å²) >= 11 is 0. The van der Waals surface area contributed by atoms with E-state index in [1.807, 2.05) is 0 Å². The van der Waals surface area contributed by atoms with E-state index in [9.17, 15) is 24.9 Å². The van der Waals surface area contributed by atoms with Gasteiger partial charge in [-0.25, -0.2) is 0 Å². The highest BCUT2D eigenvalue weighted by molar-refractivity contribution is 5.91. The quantitative estimate of drug-likeness (QED) is 0.209. The van der Waals surface area contributed by atoms with Crippen molar-refractivity contribution in [3.63, 3.8) is 0 Å². The van der Waals surface area contributed by atoms with Gasteiger partial charge < -0.3 is 35.8 Å². The SMILES string of the molecule is C=C(C)C(=O)NCCCCCC(=O)N[C@H]1C(O)O[C@H](CO)[C@@H](O)[C@@H]1O. The highest BCUT2D eigenvalue weighted by atomic mass is 16.6. The molecule has 144 valence electrons. The van der Waals surface area contributed by atoms with Crippen LogP contribution in [0.2, 0.25) is 0 Å². The Morgan fingerprint density at radius 2 is 1.80 bits per heavy atom. The summed E-state index contributed by atoms with van der Waals surface area (Å²) in [6.45, 7) is 5.09. The molecule has 0 aromatic heterocycles. The molecule has 0 spiro atoms. The smallest absolute Gasteiger partial charge is 0.246 e. The zero-order chi connectivity index (χ0) is 19.0. The lowest BCUT2D eigenvalue weighted by molar-refractivity contribution is -0.253. The van der Waals surface area contributed by atoms with Crippen molar-refractivity contribution in [3.8, 4) is 0 Å². The van der Waals surface area contributed by atoms with E-state index in [1.54, 1.807) is 6.92 Å². The Morgan fingerprint density at radius 1 is 1.12 bits per heavy atom. The van der Waals surface area contributed by atoms with Gasteiger partial charge in [-0.1, -0.05) is 13.0 Å². The second kappa shape index (κ2) is 10.5. The van der Waals surface area contributed by atoms with E-state index in [2.05, 4.69) is 17.2 Å². The molecule has 0 aliphatic carbocycles. The highest BCUT2D eigenvalue weighted by Crippen LogP contribution is 2.19. The molecule has 5 atom stereocenters. The Hall–Kier alpha value is -1.52. The molecule has 1 aliphatic rings. The molecule has 1 rings (SSSR count). The minimum Gasteiger partial charge on any atom is -0.394 e. The number of ether oxygens (including phenoxy) is 1. The molecule has 1 aliphatic heterocycles. The summed E-state index contributed by atoms with van der Waals surface area (Å²) in [5.41, 5.74) is 0.441. The minimum absolute atomic E-state index is 0.171. The zero-order valence-electron chi connectivity index (χ0n) is 14.4. The lowest BCUT2D eigenvalue weighted by Crippen LogP contribution is -2.64. The molecule has 0 radical (unpaired) electrons. The van der Waals surface area contributed by atoms with Gasteiger partial charge in [0, 0.05) is 18.5 Å². The lowest BCUT2D eigenvalue weighted by Gasteiger charge is -2.40. The first-order valence-electron chi connectivity index (χ1n) is 8.31. The largest absolute Gasteiger partial charge is 0.394 e. The van der Waals surface area contributed by atoms with Gasteiger partial charge in [-0.2, -0.15) is 0 Å². The monoisotopic (exact) mass is 360 g/mol. The summed E-state index contributed by atoms with van der Waals surface area (Å²) in [5.74, 6) is -0.593. The number of unbranched alkanes of at least 4 members (excludes halogenated alkanes) is 2. The van der Waals surface area contributed by atoms with Crippen LogP contribution in [0.5, 0.6) is 0 Å². The summed E-state index contributed by atoms with van der Waals surface area (Å²) in [7, 11) is 0. The molecule has 2 amide bonds. The van der Waals surface area contributed by atoms with E-state index in [0.717, 1.165) is 0 Å². The van der Waals surface area contributed by atoms with Crippen molar-refractivity contribution in [2.75, 3.05) is 13.2 Å². The first-order chi connectivity index (χ1) is 11.8. The van der Waals surface area contributed by atoms with E-state index < -0.39 is 43.2 Å². The lowest BCUT2D eigenvalue weighted by atomic mass is 9.97. The average molecular weight is 360 g/mol. The molecule has 0 saturated carbocycles. The molecule has 1 fully saturated rings. The van der Waals surface area contributed by atoms with Crippen LogP contribution in [-0.2, 0) is 14.3 Å². The number of carbonyl (C=O) groups is 2. The summed E-state index contributed by atoms with van der Waals surface area (Å²) in [6.07, 6.45) is -3.31. The van der Waals surface area contributed by atoms with Crippen LogP contribution in [-0.4, -0.2) is 76.0 Å². The Kier molecular flexibility index (Phi) is 9.01. The number of aliphatic hydroxyl groups excluding tert-OH is 4. The first-order valence-corrected chi connectivity index (χ1v) is 8.31. The number of hydrogen-bond donors (Lipinski definition) is 6. The summed E-state index contributed by atoms with van der Waals surface area (Å²) < 4.78 is 4.96. The van der Waals surface area contributed by atoms with Crippen LogP contribution in [0.4, 0.5) is 0 Å². The van der Waals surface area contributed by atoms with Crippen LogP contribution >= 0.6 is 0 Å². The van der Waals surface area contributed by atoms with Gasteiger partial charge >= 0.3 is 0 Å². The molecule has 1 saturated heterocycles. The molecule has 0 aromatic rings. The minimum atomic E-state index is -1.52. The third kappa shape index (κ3) is 6.71.